The lowest BCUT2D eigenvalue weighted by atomic mass is 9.84. The van der Waals surface area contributed by atoms with E-state index in [1.807, 2.05) is 33.8 Å². The first kappa shape index (κ1) is 15.5. The van der Waals surface area contributed by atoms with E-state index in [-0.39, 0.29) is 5.02 Å². The Balaban J connectivity index is 1.98. The van der Waals surface area contributed by atoms with Gasteiger partial charge in [0.15, 0.2) is 0 Å². The lowest BCUT2D eigenvalue weighted by Crippen LogP contribution is -2.41. The molecule has 0 amide bonds. The number of benzene rings is 1. The maximum absolute atomic E-state index is 13.3. The molecule has 2 heterocycles. The Labute approximate surface area is 134 Å². The SMILES string of the molecule is CC1(C)OB(c2ccnn2-c2ccc(F)c(Cl)c2)OC1(C)C. The van der Waals surface area contributed by atoms with Crippen molar-refractivity contribution in [2.24, 2.45) is 0 Å². The number of halogens is 2. The van der Waals surface area contributed by atoms with Gasteiger partial charge in [0.05, 0.1) is 27.5 Å². The average Bonchev–Trinajstić information content (AvgIpc) is 2.96. The third kappa shape index (κ3) is 2.45. The maximum atomic E-state index is 13.3. The maximum Gasteiger partial charge on any atom is 0.514 e. The Morgan fingerprint density at radius 1 is 1.14 bits per heavy atom. The molecule has 0 bridgehead atoms. The summed E-state index contributed by atoms with van der Waals surface area (Å²) >= 11 is 5.85. The van der Waals surface area contributed by atoms with E-state index < -0.39 is 24.1 Å². The number of rotatable bonds is 2. The second-order valence-corrected chi connectivity index (χ2v) is 6.76. The van der Waals surface area contributed by atoms with Crippen LogP contribution in [0, 0.1) is 5.82 Å². The van der Waals surface area contributed by atoms with Gasteiger partial charge in [-0.3, -0.25) is 0 Å². The summed E-state index contributed by atoms with van der Waals surface area (Å²) in [5, 5.41) is 4.32. The van der Waals surface area contributed by atoms with E-state index in [2.05, 4.69) is 5.10 Å². The molecule has 22 heavy (non-hydrogen) atoms. The molecule has 1 aromatic heterocycles. The second-order valence-electron chi connectivity index (χ2n) is 6.35. The molecular formula is C15H17BClFN2O2. The summed E-state index contributed by atoms with van der Waals surface area (Å²) < 4.78 is 27.0. The second kappa shape index (κ2) is 5.08. The molecule has 0 aliphatic carbocycles. The van der Waals surface area contributed by atoms with E-state index in [1.165, 1.54) is 12.1 Å². The molecule has 0 unspecified atom stereocenters. The summed E-state index contributed by atoms with van der Waals surface area (Å²) in [6.07, 6.45) is 1.65. The molecule has 1 fully saturated rings. The van der Waals surface area contributed by atoms with Crippen LogP contribution < -0.4 is 5.59 Å². The molecule has 4 nitrogen and oxygen atoms in total. The minimum absolute atomic E-state index is 0.0490. The van der Waals surface area contributed by atoms with Gasteiger partial charge in [-0.25, -0.2) is 9.07 Å². The van der Waals surface area contributed by atoms with Gasteiger partial charge in [-0.05, 0) is 52.0 Å². The van der Waals surface area contributed by atoms with E-state index in [9.17, 15) is 4.39 Å². The van der Waals surface area contributed by atoms with E-state index in [0.717, 1.165) is 5.59 Å². The lowest BCUT2D eigenvalue weighted by Gasteiger charge is -2.32. The van der Waals surface area contributed by atoms with Gasteiger partial charge in [0.1, 0.15) is 5.82 Å². The summed E-state index contributed by atoms with van der Waals surface area (Å²) in [5.74, 6) is -0.463. The highest BCUT2D eigenvalue weighted by molar-refractivity contribution is 6.61. The summed E-state index contributed by atoms with van der Waals surface area (Å²) in [6, 6.07) is 6.27. The number of hydrogen-bond donors (Lipinski definition) is 0. The minimum atomic E-state index is -0.545. The fourth-order valence-corrected chi connectivity index (χ4v) is 2.46. The van der Waals surface area contributed by atoms with E-state index in [1.54, 1.807) is 16.9 Å². The van der Waals surface area contributed by atoms with Crippen molar-refractivity contribution in [2.45, 2.75) is 38.9 Å². The normalized spacial score (nSPS) is 19.6. The zero-order valence-corrected chi connectivity index (χ0v) is 13.7. The monoisotopic (exact) mass is 322 g/mol. The van der Waals surface area contributed by atoms with Gasteiger partial charge in [-0.15, -0.1) is 0 Å². The first-order chi connectivity index (χ1) is 10.2. The highest BCUT2D eigenvalue weighted by Gasteiger charge is 2.52. The zero-order valence-electron chi connectivity index (χ0n) is 12.9. The quantitative estimate of drug-likeness (QED) is 0.798. The van der Waals surface area contributed by atoms with E-state index >= 15 is 0 Å². The topological polar surface area (TPSA) is 36.3 Å². The highest BCUT2D eigenvalue weighted by Crippen LogP contribution is 2.36. The zero-order chi connectivity index (χ0) is 16.1. The number of nitrogens with zero attached hydrogens (tertiary/aromatic N) is 2. The minimum Gasteiger partial charge on any atom is -0.398 e. The smallest absolute Gasteiger partial charge is 0.398 e. The van der Waals surface area contributed by atoms with Gasteiger partial charge in [-0.2, -0.15) is 5.10 Å². The Bertz CT molecular complexity index is 701. The van der Waals surface area contributed by atoms with Crippen LogP contribution in [0.3, 0.4) is 0 Å². The molecule has 0 N–H and O–H groups in total. The van der Waals surface area contributed by atoms with Crippen LogP contribution in [-0.2, 0) is 9.31 Å². The fraction of sp³-hybridized carbons (Fsp3) is 0.400. The molecule has 1 aromatic carbocycles. The third-order valence-electron chi connectivity index (χ3n) is 4.31. The van der Waals surface area contributed by atoms with Crippen LogP contribution in [0.1, 0.15) is 27.7 Å². The van der Waals surface area contributed by atoms with Crippen molar-refractivity contribution >= 4 is 24.3 Å². The molecule has 1 aliphatic rings. The Kier molecular flexibility index (Phi) is 3.59. The van der Waals surface area contributed by atoms with Crippen molar-refractivity contribution in [2.75, 3.05) is 0 Å². The van der Waals surface area contributed by atoms with Crippen LogP contribution in [-0.4, -0.2) is 28.1 Å². The van der Waals surface area contributed by atoms with Crippen LogP contribution in [0.25, 0.3) is 5.69 Å². The van der Waals surface area contributed by atoms with Gasteiger partial charge in [0.25, 0.3) is 0 Å². The average molecular weight is 323 g/mol. The molecule has 0 radical (unpaired) electrons. The van der Waals surface area contributed by atoms with Gasteiger partial charge in [0, 0.05) is 6.20 Å². The summed E-state index contributed by atoms with van der Waals surface area (Å²) in [6.45, 7) is 7.95. The molecule has 116 valence electrons. The standard InChI is InChI=1S/C15H17BClFN2O2/c1-14(2)15(3,4)22-16(21-14)13-7-8-19-20(13)10-5-6-12(18)11(17)9-10/h5-9H,1-4H3. The summed E-state index contributed by atoms with van der Waals surface area (Å²) in [4.78, 5) is 0. The molecule has 7 heteroatoms. The number of hydrogen-bond acceptors (Lipinski definition) is 3. The molecule has 0 spiro atoms. The molecule has 2 aromatic rings. The van der Waals surface area contributed by atoms with Gasteiger partial charge in [0.2, 0.25) is 0 Å². The summed E-state index contributed by atoms with van der Waals surface area (Å²) in [5.41, 5.74) is 0.517. The molecule has 3 rings (SSSR count). The van der Waals surface area contributed by atoms with E-state index in [0.29, 0.717) is 5.69 Å². The van der Waals surface area contributed by atoms with Crippen molar-refractivity contribution in [1.82, 2.24) is 9.78 Å². The van der Waals surface area contributed by atoms with Crippen molar-refractivity contribution in [3.8, 4) is 5.69 Å². The predicted molar refractivity (Wildman–Crippen MR) is 84.2 cm³/mol. The molecule has 0 saturated carbocycles. The Morgan fingerprint density at radius 3 is 2.36 bits per heavy atom. The third-order valence-corrected chi connectivity index (χ3v) is 4.60. The fourth-order valence-electron chi connectivity index (χ4n) is 2.29. The molecular weight excluding hydrogens is 305 g/mol. The van der Waals surface area contributed by atoms with Crippen LogP contribution in [0.4, 0.5) is 4.39 Å². The lowest BCUT2D eigenvalue weighted by molar-refractivity contribution is 0.00578. The van der Waals surface area contributed by atoms with Crippen molar-refractivity contribution in [1.29, 1.82) is 0 Å². The Hall–Kier alpha value is -1.37. The molecule has 1 saturated heterocycles. The van der Waals surface area contributed by atoms with Crippen LogP contribution in [0.5, 0.6) is 0 Å². The van der Waals surface area contributed by atoms with Crippen LogP contribution in [0.15, 0.2) is 30.5 Å². The largest absolute Gasteiger partial charge is 0.514 e. The van der Waals surface area contributed by atoms with Crippen molar-refractivity contribution in [3.63, 3.8) is 0 Å². The molecule has 0 atom stereocenters. The van der Waals surface area contributed by atoms with Crippen LogP contribution in [0.2, 0.25) is 5.02 Å². The first-order valence-corrected chi connectivity index (χ1v) is 7.44. The Morgan fingerprint density at radius 2 is 1.77 bits per heavy atom. The van der Waals surface area contributed by atoms with Gasteiger partial charge in [-0.1, -0.05) is 11.6 Å². The van der Waals surface area contributed by atoms with Crippen molar-refractivity contribution in [3.05, 3.63) is 41.3 Å². The van der Waals surface area contributed by atoms with Crippen molar-refractivity contribution < 1.29 is 13.7 Å². The van der Waals surface area contributed by atoms with Gasteiger partial charge >= 0.3 is 7.12 Å². The summed E-state index contributed by atoms with van der Waals surface area (Å²) in [7, 11) is -0.545. The van der Waals surface area contributed by atoms with E-state index in [4.69, 9.17) is 20.9 Å². The van der Waals surface area contributed by atoms with Crippen LogP contribution >= 0.6 is 11.6 Å². The molecule has 1 aliphatic heterocycles. The highest BCUT2D eigenvalue weighted by atomic mass is 35.5. The predicted octanol–water partition coefficient (Wildman–Crippen LogP) is 2.96. The number of aromatic nitrogens is 2. The first-order valence-electron chi connectivity index (χ1n) is 7.06. The van der Waals surface area contributed by atoms with Gasteiger partial charge < -0.3 is 9.31 Å².